The molecule has 4 N–H and O–H groups in total. The van der Waals surface area contributed by atoms with E-state index in [1.165, 1.54) is 11.4 Å². The number of benzene rings is 1. The normalized spacial score (nSPS) is 15.4. The molecule has 0 amide bonds. The van der Waals surface area contributed by atoms with Crippen LogP contribution < -0.4 is 14.8 Å². The van der Waals surface area contributed by atoms with Crippen molar-refractivity contribution in [1.29, 1.82) is 5.41 Å². The first-order valence-corrected chi connectivity index (χ1v) is 7.05. The number of nitrogens with zero attached hydrogens (tertiary/aromatic N) is 1. The van der Waals surface area contributed by atoms with Gasteiger partial charge in [0.05, 0.1) is 5.69 Å². The lowest BCUT2D eigenvalue weighted by Crippen LogP contribution is -2.39. The molecule has 2 rings (SSSR count). The second-order valence-corrected chi connectivity index (χ2v) is 6.06. The topological polar surface area (TPSA) is 99.3 Å². The number of rotatable bonds is 5. The number of nitrogen functional groups attached to an aromatic ring is 1. The fourth-order valence-electron chi connectivity index (χ4n) is 1.48. The van der Waals surface area contributed by atoms with Crippen molar-refractivity contribution in [1.82, 2.24) is 4.72 Å². The van der Waals surface area contributed by atoms with Gasteiger partial charge in [0.15, 0.2) is 0 Å². The van der Waals surface area contributed by atoms with Crippen LogP contribution in [0, 0.1) is 5.41 Å². The lowest BCUT2D eigenvalue weighted by molar-refractivity contribution is 0.579. The zero-order chi connectivity index (χ0) is 13.3. The van der Waals surface area contributed by atoms with Gasteiger partial charge in [-0.15, -0.1) is 0 Å². The number of hydrogen-bond acceptors (Lipinski definition) is 3. The van der Waals surface area contributed by atoms with Gasteiger partial charge in [0, 0.05) is 18.7 Å². The molecule has 0 saturated heterocycles. The fraction of sp³-hybridized carbons (Fsp3) is 0.364. The van der Waals surface area contributed by atoms with Crippen LogP contribution in [0.15, 0.2) is 24.3 Å². The van der Waals surface area contributed by atoms with Crippen molar-refractivity contribution < 1.29 is 8.42 Å². The molecule has 1 aromatic carbocycles. The highest BCUT2D eigenvalue weighted by molar-refractivity contribution is 7.90. The Bertz CT molecular complexity index is 549. The van der Waals surface area contributed by atoms with Crippen molar-refractivity contribution in [3.63, 3.8) is 0 Å². The number of hydrogen-bond donors (Lipinski definition) is 3. The molecule has 1 saturated carbocycles. The van der Waals surface area contributed by atoms with Gasteiger partial charge < -0.3 is 5.73 Å². The van der Waals surface area contributed by atoms with Crippen LogP contribution in [0.2, 0.25) is 0 Å². The zero-order valence-electron chi connectivity index (χ0n) is 10.1. The molecule has 98 valence electrons. The summed E-state index contributed by atoms with van der Waals surface area (Å²) < 4.78 is 27.7. The average molecular weight is 268 g/mol. The van der Waals surface area contributed by atoms with Crippen LogP contribution >= 0.6 is 0 Å². The van der Waals surface area contributed by atoms with Crippen molar-refractivity contribution in [2.75, 3.05) is 11.4 Å². The third kappa shape index (κ3) is 2.80. The van der Waals surface area contributed by atoms with E-state index in [1.807, 2.05) is 0 Å². The highest BCUT2D eigenvalue weighted by atomic mass is 32.2. The first-order valence-electron chi connectivity index (χ1n) is 5.61. The molecule has 0 aliphatic heterocycles. The van der Waals surface area contributed by atoms with Crippen LogP contribution in [-0.2, 0) is 10.2 Å². The quantitative estimate of drug-likeness (QED) is 0.532. The summed E-state index contributed by atoms with van der Waals surface area (Å²) in [4.78, 5) is 0. The maximum atomic E-state index is 11.9. The summed E-state index contributed by atoms with van der Waals surface area (Å²) in [5.74, 6) is -0.0387. The van der Waals surface area contributed by atoms with Gasteiger partial charge in [-0.05, 0) is 37.1 Å². The van der Waals surface area contributed by atoms with Crippen LogP contribution in [0.25, 0.3) is 0 Å². The summed E-state index contributed by atoms with van der Waals surface area (Å²) in [6, 6.07) is 6.59. The molecule has 0 bridgehead atoms. The van der Waals surface area contributed by atoms with Gasteiger partial charge in [0.25, 0.3) is 0 Å². The zero-order valence-corrected chi connectivity index (χ0v) is 10.9. The second-order valence-electron chi connectivity index (χ2n) is 4.33. The van der Waals surface area contributed by atoms with E-state index in [2.05, 4.69) is 4.72 Å². The van der Waals surface area contributed by atoms with Crippen LogP contribution in [-0.4, -0.2) is 27.3 Å². The van der Waals surface area contributed by atoms with Gasteiger partial charge in [-0.3, -0.25) is 9.71 Å². The van der Waals surface area contributed by atoms with Crippen molar-refractivity contribution >= 4 is 21.7 Å². The van der Waals surface area contributed by atoms with Crippen molar-refractivity contribution in [2.45, 2.75) is 18.9 Å². The molecule has 1 fully saturated rings. The molecule has 0 unspecified atom stereocenters. The minimum Gasteiger partial charge on any atom is -0.384 e. The number of nitrogens with two attached hydrogens (primary N) is 1. The molecular formula is C11H16N4O2S. The third-order valence-corrected chi connectivity index (χ3v) is 4.36. The van der Waals surface area contributed by atoms with Gasteiger partial charge in [0.1, 0.15) is 5.84 Å². The molecule has 0 atom stereocenters. The smallest absolute Gasteiger partial charge is 0.301 e. The molecular weight excluding hydrogens is 252 g/mol. The van der Waals surface area contributed by atoms with E-state index in [-0.39, 0.29) is 11.9 Å². The summed E-state index contributed by atoms with van der Waals surface area (Å²) in [7, 11) is -1.99. The van der Waals surface area contributed by atoms with E-state index in [9.17, 15) is 8.42 Å². The largest absolute Gasteiger partial charge is 0.384 e. The predicted molar refractivity (Wildman–Crippen MR) is 70.9 cm³/mol. The Balaban J connectivity index is 2.17. The molecule has 1 aliphatic rings. The lowest BCUT2D eigenvalue weighted by atomic mass is 10.2. The van der Waals surface area contributed by atoms with Crippen LogP contribution in [0.5, 0.6) is 0 Å². The van der Waals surface area contributed by atoms with E-state index in [0.717, 1.165) is 12.8 Å². The van der Waals surface area contributed by atoms with Crippen molar-refractivity contribution in [2.24, 2.45) is 5.73 Å². The van der Waals surface area contributed by atoms with E-state index in [0.29, 0.717) is 11.3 Å². The summed E-state index contributed by atoms with van der Waals surface area (Å²) in [6.45, 7) is 0. The molecule has 1 aromatic rings. The van der Waals surface area contributed by atoms with Gasteiger partial charge in [-0.1, -0.05) is 0 Å². The molecule has 1 aliphatic carbocycles. The first kappa shape index (κ1) is 12.8. The maximum absolute atomic E-state index is 11.9. The van der Waals surface area contributed by atoms with E-state index in [1.54, 1.807) is 24.3 Å². The Morgan fingerprint density at radius 1 is 1.39 bits per heavy atom. The average Bonchev–Trinajstić information content (AvgIpc) is 3.11. The Morgan fingerprint density at radius 3 is 2.39 bits per heavy atom. The highest BCUT2D eigenvalue weighted by Crippen LogP contribution is 2.22. The Morgan fingerprint density at radius 2 is 1.94 bits per heavy atom. The Hall–Kier alpha value is -1.60. The van der Waals surface area contributed by atoms with E-state index >= 15 is 0 Å². The summed E-state index contributed by atoms with van der Waals surface area (Å²) in [5, 5.41) is 7.27. The van der Waals surface area contributed by atoms with Gasteiger partial charge in [0.2, 0.25) is 0 Å². The first-order chi connectivity index (χ1) is 8.40. The second kappa shape index (κ2) is 4.58. The van der Waals surface area contributed by atoms with Crippen molar-refractivity contribution in [3.8, 4) is 0 Å². The third-order valence-electron chi connectivity index (χ3n) is 2.80. The molecule has 0 aromatic heterocycles. The van der Waals surface area contributed by atoms with Gasteiger partial charge in [-0.2, -0.15) is 13.1 Å². The molecule has 18 heavy (non-hydrogen) atoms. The SMILES string of the molecule is CN(c1ccc(C(=N)N)cc1)S(=O)(=O)NC1CC1. The Labute approximate surface area is 106 Å². The summed E-state index contributed by atoms with van der Waals surface area (Å²) in [6.07, 6.45) is 1.80. The molecule has 6 nitrogen and oxygen atoms in total. The van der Waals surface area contributed by atoms with Crippen LogP contribution in [0.1, 0.15) is 18.4 Å². The number of amidine groups is 1. The molecule has 0 spiro atoms. The lowest BCUT2D eigenvalue weighted by Gasteiger charge is -2.19. The molecule has 0 heterocycles. The highest BCUT2D eigenvalue weighted by Gasteiger charge is 2.29. The Kier molecular flexibility index (Phi) is 3.27. The van der Waals surface area contributed by atoms with Crippen LogP contribution in [0.4, 0.5) is 5.69 Å². The van der Waals surface area contributed by atoms with Crippen molar-refractivity contribution in [3.05, 3.63) is 29.8 Å². The molecule has 0 radical (unpaired) electrons. The summed E-state index contributed by atoms with van der Waals surface area (Å²) in [5.41, 5.74) is 6.44. The van der Waals surface area contributed by atoms with E-state index in [4.69, 9.17) is 11.1 Å². The summed E-state index contributed by atoms with van der Waals surface area (Å²) >= 11 is 0. The number of anilines is 1. The monoisotopic (exact) mass is 268 g/mol. The predicted octanol–water partition coefficient (Wildman–Crippen LogP) is 0.404. The van der Waals surface area contributed by atoms with Crippen LogP contribution in [0.3, 0.4) is 0 Å². The fourth-order valence-corrected chi connectivity index (χ4v) is 2.69. The van der Waals surface area contributed by atoms with Gasteiger partial charge in [-0.25, -0.2) is 0 Å². The molecule has 7 heteroatoms. The number of nitrogens with one attached hydrogen (secondary N) is 2. The van der Waals surface area contributed by atoms with Gasteiger partial charge >= 0.3 is 10.2 Å². The minimum atomic E-state index is -3.48. The maximum Gasteiger partial charge on any atom is 0.301 e. The minimum absolute atomic E-state index is 0.0387. The van der Waals surface area contributed by atoms with E-state index < -0.39 is 10.2 Å². The standard InChI is InChI=1S/C11H16N4O2S/c1-15(18(16,17)14-9-4-5-9)10-6-2-8(3-7-10)11(12)13/h2-3,6-7,9,14H,4-5H2,1H3,(H3,12,13).